The maximum absolute atomic E-state index is 11.2. The number of hydroxylamine groups is 4. The Balaban J connectivity index is 3.59. The normalized spacial score (nSPS) is 9.89. The first-order chi connectivity index (χ1) is 9.02. The van der Waals surface area contributed by atoms with Crippen LogP contribution < -0.4 is 0 Å². The lowest BCUT2D eigenvalue weighted by Gasteiger charge is -2.17. The summed E-state index contributed by atoms with van der Waals surface area (Å²) in [4.78, 5) is 32.5. The van der Waals surface area contributed by atoms with Gasteiger partial charge in [-0.05, 0) is 20.3 Å². The third kappa shape index (κ3) is 8.22. The molecular formula is C11H22N2O6. The zero-order chi connectivity index (χ0) is 14.7. The van der Waals surface area contributed by atoms with Gasteiger partial charge in [-0.2, -0.15) is 10.1 Å². The van der Waals surface area contributed by atoms with Gasteiger partial charge in [0.05, 0.1) is 26.4 Å². The van der Waals surface area contributed by atoms with Crippen LogP contribution in [0.2, 0.25) is 0 Å². The molecule has 112 valence electrons. The Morgan fingerprint density at radius 3 is 1.53 bits per heavy atom. The quantitative estimate of drug-likeness (QED) is 0.493. The Morgan fingerprint density at radius 1 is 0.842 bits per heavy atom. The van der Waals surface area contributed by atoms with E-state index in [1.807, 2.05) is 0 Å². The van der Waals surface area contributed by atoms with E-state index in [-0.39, 0.29) is 13.2 Å². The fourth-order valence-corrected chi connectivity index (χ4v) is 0.996. The van der Waals surface area contributed by atoms with E-state index in [1.165, 1.54) is 14.1 Å². The zero-order valence-corrected chi connectivity index (χ0v) is 11.9. The number of hydrogen-bond acceptors (Lipinski definition) is 6. The van der Waals surface area contributed by atoms with Gasteiger partial charge in [-0.25, -0.2) is 9.59 Å². The summed E-state index contributed by atoms with van der Waals surface area (Å²) in [5.41, 5.74) is 0. The van der Waals surface area contributed by atoms with Crippen LogP contribution in [0.5, 0.6) is 0 Å². The van der Waals surface area contributed by atoms with E-state index in [0.717, 1.165) is 10.1 Å². The Kier molecular flexibility index (Phi) is 9.55. The van der Waals surface area contributed by atoms with Gasteiger partial charge in [-0.1, -0.05) is 0 Å². The molecule has 0 aromatic rings. The van der Waals surface area contributed by atoms with Crippen molar-refractivity contribution in [2.24, 2.45) is 0 Å². The van der Waals surface area contributed by atoms with Crippen molar-refractivity contribution in [3.63, 3.8) is 0 Å². The van der Waals surface area contributed by atoms with E-state index < -0.39 is 12.2 Å². The molecule has 0 rings (SSSR count). The van der Waals surface area contributed by atoms with Gasteiger partial charge in [0.25, 0.3) is 0 Å². The summed E-state index contributed by atoms with van der Waals surface area (Å²) in [6, 6.07) is 0. The standard InChI is InChI=1S/C11H22N2O6/c1-5-16-10(14)12(3)18-8-7-9-19-13(4)11(15)17-6-2/h5-9H2,1-4H3. The highest BCUT2D eigenvalue weighted by Crippen LogP contribution is 1.96. The zero-order valence-electron chi connectivity index (χ0n) is 11.9. The fourth-order valence-electron chi connectivity index (χ4n) is 0.996. The van der Waals surface area contributed by atoms with Crippen molar-refractivity contribution in [2.45, 2.75) is 20.3 Å². The molecule has 0 aliphatic heterocycles. The molecule has 2 amide bonds. The van der Waals surface area contributed by atoms with Gasteiger partial charge in [0.15, 0.2) is 0 Å². The highest BCUT2D eigenvalue weighted by atomic mass is 16.7. The van der Waals surface area contributed by atoms with Gasteiger partial charge in [0.2, 0.25) is 0 Å². The predicted octanol–water partition coefficient (Wildman–Crippen LogP) is 1.42. The Bertz CT molecular complexity index is 248. The van der Waals surface area contributed by atoms with Gasteiger partial charge < -0.3 is 9.47 Å². The number of rotatable bonds is 8. The molecule has 19 heavy (non-hydrogen) atoms. The molecule has 0 bridgehead atoms. The lowest BCUT2D eigenvalue weighted by Crippen LogP contribution is -2.30. The highest BCUT2D eigenvalue weighted by molar-refractivity contribution is 5.66. The smallest absolute Gasteiger partial charge is 0.433 e. The van der Waals surface area contributed by atoms with E-state index >= 15 is 0 Å². The summed E-state index contributed by atoms with van der Waals surface area (Å²) in [7, 11) is 2.92. The second-order valence-electron chi connectivity index (χ2n) is 3.41. The third-order valence-electron chi connectivity index (χ3n) is 1.91. The maximum Gasteiger partial charge on any atom is 0.433 e. The molecule has 0 heterocycles. The predicted molar refractivity (Wildman–Crippen MR) is 66.1 cm³/mol. The lowest BCUT2D eigenvalue weighted by molar-refractivity contribution is -0.145. The third-order valence-corrected chi connectivity index (χ3v) is 1.91. The van der Waals surface area contributed by atoms with Crippen LogP contribution in [0.25, 0.3) is 0 Å². The van der Waals surface area contributed by atoms with E-state index in [4.69, 9.17) is 19.1 Å². The van der Waals surface area contributed by atoms with Gasteiger partial charge in [0.1, 0.15) is 0 Å². The van der Waals surface area contributed by atoms with Crippen molar-refractivity contribution in [3.8, 4) is 0 Å². The topological polar surface area (TPSA) is 77.5 Å². The average Bonchev–Trinajstić information content (AvgIpc) is 2.38. The van der Waals surface area contributed by atoms with Crippen LogP contribution in [0.15, 0.2) is 0 Å². The first-order valence-corrected chi connectivity index (χ1v) is 6.09. The number of amides is 2. The monoisotopic (exact) mass is 278 g/mol. The van der Waals surface area contributed by atoms with E-state index in [0.29, 0.717) is 19.6 Å². The van der Waals surface area contributed by atoms with Gasteiger partial charge in [-0.15, -0.1) is 0 Å². The Hall–Kier alpha value is -1.54. The summed E-state index contributed by atoms with van der Waals surface area (Å²) in [5, 5.41) is 2.02. The molecule has 0 fully saturated rings. The molecule has 0 unspecified atom stereocenters. The van der Waals surface area contributed by atoms with E-state index in [1.54, 1.807) is 13.8 Å². The van der Waals surface area contributed by atoms with Crippen LogP contribution in [0.1, 0.15) is 20.3 Å². The molecule has 0 radical (unpaired) electrons. The maximum atomic E-state index is 11.2. The number of carbonyl (C=O) groups excluding carboxylic acids is 2. The molecule has 0 N–H and O–H groups in total. The van der Waals surface area contributed by atoms with Gasteiger partial charge in [-0.3, -0.25) is 9.68 Å². The molecule has 0 atom stereocenters. The van der Waals surface area contributed by atoms with Crippen molar-refractivity contribution in [3.05, 3.63) is 0 Å². The lowest BCUT2D eigenvalue weighted by atomic mass is 10.5. The van der Waals surface area contributed by atoms with E-state index in [2.05, 4.69) is 0 Å². The van der Waals surface area contributed by atoms with Crippen molar-refractivity contribution in [2.75, 3.05) is 40.5 Å². The van der Waals surface area contributed by atoms with Crippen molar-refractivity contribution < 1.29 is 28.7 Å². The molecule has 0 spiro atoms. The van der Waals surface area contributed by atoms with Crippen LogP contribution >= 0.6 is 0 Å². The summed E-state index contributed by atoms with van der Waals surface area (Å²) >= 11 is 0. The molecule has 8 heteroatoms. The minimum atomic E-state index is -0.549. The minimum Gasteiger partial charge on any atom is -0.448 e. The summed E-state index contributed by atoms with van der Waals surface area (Å²) in [6.07, 6.45) is -0.591. The molecule has 0 aliphatic rings. The minimum absolute atomic E-state index is 0.270. The first kappa shape index (κ1) is 17.5. The van der Waals surface area contributed by atoms with Crippen LogP contribution in [0, 0.1) is 0 Å². The van der Waals surface area contributed by atoms with Crippen molar-refractivity contribution in [1.29, 1.82) is 0 Å². The van der Waals surface area contributed by atoms with Gasteiger partial charge in [0, 0.05) is 14.1 Å². The van der Waals surface area contributed by atoms with Crippen molar-refractivity contribution in [1.82, 2.24) is 10.1 Å². The summed E-state index contributed by atoms with van der Waals surface area (Å²) in [6.45, 7) is 4.55. The van der Waals surface area contributed by atoms with Crippen LogP contribution in [-0.2, 0) is 19.1 Å². The Morgan fingerprint density at radius 2 is 1.21 bits per heavy atom. The number of carbonyl (C=O) groups is 2. The molecular weight excluding hydrogens is 256 g/mol. The summed E-state index contributed by atoms with van der Waals surface area (Å²) in [5.74, 6) is 0. The number of hydrogen-bond donors (Lipinski definition) is 0. The van der Waals surface area contributed by atoms with Crippen LogP contribution in [0.4, 0.5) is 9.59 Å². The van der Waals surface area contributed by atoms with Crippen LogP contribution in [0.3, 0.4) is 0 Å². The van der Waals surface area contributed by atoms with E-state index in [9.17, 15) is 9.59 Å². The second-order valence-corrected chi connectivity index (χ2v) is 3.41. The first-order valence-electron chi connectivity index (χ1n) is 6.09. The molecule has 0 saturated carbocycles. The molecule has 0 aromatic heterocycles. The second kappa shape index (κ2) is 10.4. The summed E-state index contributed by atoms with van der Waals surface area (Å²) < 4.78 is 9.44. The fraction of sp³-hybridized carbons (Fsp3) is 0.818. The average molecular weight is 278 g/mol. The molecule has 0 saturated heterocycles. The molecule has 8 nitrogen and oxygen atoms in total. The Labute approximate surface area is 113 Å². The van der Waals surface area contributed by atoms with Gasteiger partial charge >= 0.3 is 12.2 Å². The SMILES string of the molecule is CCOC(=O)N(C)OCCCON(C)C(=O)OCC. The molecule has 0 aromatic carbocycles. The highest BCUT2D eigenvalue weighted by Gasteiger charge is 2.11. The molecule has 0 aliphatic carbocycles. The van der Waals surface area contributed by atoms with Crippen molar-refractivity contribution >= 4 is 12.2 Å². The number of nitrogens with zero attached hydrogens (tertiary/aromatic N) is 2. The number of ether oxygens (including phenoxy) is 2. The largest absolute Gasteiger partial charge is 0.448 e. The van der Waals surface area contributed by atoms with Crippen LogP contribution in [-0.4, -0.2) is 62.8 Å².